The second-order valence-corrected chi connectivity index (χ2v) is 4.92. The zero-order valence-corrected chi connectivity index (χ0v) is 5.98. The van der Waals surface area contributed by atoms with Crippen LogP contribution in [0.5, 0.6) is 0 Å². The second-order valence-electron chi connectivity index (χ2n) is 2.25. The first-order valence-electron chi connectivity index (χ1n) is 2.56. The first kappa shape index (κ1) is 5.84. The van der Waals surface area contributed by atoms with E-state index in [9.17, 15) is 4.57 Å². The monoisotopic (exact) mass is 128 g/mol. The normalized spacial score (nSPS) is 35.5. The number of allylic oxidation sites excluding steroid dienone is 2. The van der Waals surface area contributed by atoms with Crippen LogP contribution in [0, 0.1) is 0 Å². The minimum atomic E-state index is -1.94. The third kappa shape index (κ3) is 1.10. The van der Waals surface area contributed by atoms with Gasteiger partial charge in [-0.25, -0.2) is 0 Å². The fraction of sp³-hybridized carbons (Fsp3) is 0.333. The van der Waals surface area contributed by atoms with Crippen molar-refractivity contribution in [3.05, 3.63) is 23.3 Å². The molecule has 1 atom stereocenters. The lowest BCUT2D eigenvalue weighted by Crippen LogP contribution is -1.57. The molecule has 0 fully saturated rings. The molecule has 0 spiro atoms. The van der Waals surface area contributed by atoms with Gasteiger partial charge in [-0.05, 0) is 30.8 Å². The lowest BCUT2D eigenvalue weighted by atomic mass is 10.4. The van der Waals surface area contributed by atoms with Crippen molar-refractivity contribution in [1.29, 1.82) is 0 Å². The van der Waals surface area contributed by atoms with Crippen molar-refractivity contribution >= 4 is 7.14 Å². The van der Waals surface area contributed by atoms with Gasteiger partial charge in [-0.2, -0.15) is 0 Å². The Morgan fingerprint density at radius 3 is 2.38 bits per heavy atom. The van der Waals surface area contributed by atoms with Crippen LogP contribution in [0.25, 0.3) is 0 Å². The maximum Gasteiger partial charge on any atom is 0.126 e. The molecular formula is C6H9OP. The second kappa shape index (κ2) is 1.60. The van der Waals surface area contributed by atoms with Gasteiger partial charge in [0, 0.05) is 0 Å². The predicted molar refractivity (Wildman–Crippen MR) is 36.4 cm³/mol. The lowest BCUT2D eigenvalue weighted by Gasteiger charge is -1.91. The van der Waals surface area contributed by atoms with E-state index in [2.05, 4.69) is 0 Å². The minimum Gasteiger partial charge on any atom is -0.315 e. The van der Waals surface area contributed by atoms with Crippen LogP contribution in [-0.2, 0) is 4.57 Å². The highest BCUT2D eigenvalue weighted by Crippen LogP contribution is 2.49. The van der Waals surface area contributed by atoms with E-state index in [0.29, 0.717) is 0 Å². The Balaban J connectivity index is 3.01. The SMILES string of the molecule is CC1=CP(C)(=O)C=C1. The van der Waals surface area contributed by atoms with Crippen LogP contribution in [0.4, 0.5) is 0 Å². The van der Waals surface area contributed by atoms with E-state index >= 15 is 0 Å². The van der Waals surface area contributed by atoms with Crippen molar-refractivity contribution in [2.45, 2.75) is 6.92 Å². The molecule has 1 unspecified atom stereocenters. The van der Waals surface area contributed by atoms with Gasteiger partial charge in [-0.1, -0.05) is 6.08 Å². The third-order valence-electron chi connectivity index (χ3n) is 1.09. The Morgan fingerprint density at radius 2 is 2.25 bits per heavy atom. The Hall–Kier alpha value is -0.290. The van der Waals surface area contributed by atoms with Gasteiger partial charge in [0.1, 0.15) is 7.14 Å². The van der Waals surface area contributed by atoms with Crippen molar-refractivity contribution in [2.24, 2.45) is 0 Å². The molecule has 44 valence electrons. The molecule has 0 aromatic carbocycles. The molecular weight excluding hydrogens is 119 g/mol. The fourth-order valence-electron chi connectivity index (χ4n) is 0.756. The standard InChI is InChI=1S/C6H9OP/c1-6-3-4-8(2,7)5-6/h3-5H,1-2H3. The van der Waals surface area contributed by atoms with Gasteiger partial charge in [-0.15, -0.1) is 0 Å². The number of rotatable bonds is 0. The summed E-state index contributed by atoms with van der Waals surface area (Å²) < 4.78 is 11.1. The largest absolute Gasteiger partial charge is 0.315 e. The van der Waals surface area contributed by atoms with E-state index in [1.54, 1.807) is 12.5 Å². The summed E-state index contributed by atoms with van der Waals surface area (Å²) in [4.78, 5) is 0. The van der Waals surface area contributed by atoms with Crippen LogP contribution in [-0.4, -0.2) is 6.66 Å². The molecule has 0 amide bonds. The molecule has 0 saturated heterocycles. The van der Waals surface area contributed by atoms with E-state index in [0.717, 1.165) is 5.57 Å². The quantitative estimate of drug-likeness (QED) is 0.458. The summed E-state index contributed by atoms with van der Waals surface area (Å²) in [5.41, 5.74) is 1.12. The number of hydrogen-bond acceptors (Lipinski definition) is 1. The summed E-state index contributed by atoms with van der Waals surface area (Å²) in [5.74, 6) is 3.61. The van der Waals surface area contributed by atoms with Crippen molar-refractivity contribution < 1.29 is 4.57 Å². The molecule has 1 heterocycles. The molecule has 0 bridgehead atoms. The van der Waals surface area contributed by atoms with E-state index in [1.807, 2.05) is 18.8 Å². The van der Waals surface area contributed by atoms with E-state index in [4.69, 9.17) is 0 Å². The zero-order chi connectivity index (χ0) is 6.20. The molecule has 8 heavy (non-hydrogen) atoms. The molecule has 1 rings (SSSR count). The Bertz CT molecular complexity index is 201. The van der Waals surface area contributed by atoms with Crippen LogP contribution in [0.15, 0.2) is 23.3 Å². The molecule has 0 radical (unpaired) electrons. The highest BCUT2D eigenvalue weighted by Gasteiger charge is 2.10. The average molecular weight is 128 g/mol. The highest BCUT2D eigenvalue weighted by molar-refractivity contribution is 7.69. The molecule has 0 aromatic rings. The van der Waals surface area contributed by atoms with Crippen molar-refractivity contribution in [3.8, 4) is 0 Å². The van der Waals surface area contributed by atoms with Gasteiger partial charge in [0.2, 0.25) is 0 Å². The molecule has 0 aliphatic carbocycles. The Kier molecular flexibility index (Phi) is 1.16. The Labute approximate surface area is 49.5 Å². The molecule has 2 heteroatoms. The smallest absolute Gasteiger partial charge is 0.126 e. The van der Waals surface area contributed by atoms with Crippen molar-refractivity contribution in [2.75, 3.05) is 6.66 Å². The van der Waals surface area contributed by atoms with E-state index in [-0.39, 0.29) is 0 Å². The zero-order valence-electron chi connectivity index (χ0n) is 5.09. The van der Waals surface area contributed by atoms with Crippen molar-refractivity contribution in [1.82, 2.24) is 0 Å². The van der Waals surface area contributed by atoms with Gasteiger partial charge < -0.3 is 4.57 Å². The first-order valence-corrected chi connectivity index (χ1v) is 4.85. The molecule has 1 nitrogen and oxygen atoms in total. The maximum atomic E-state index is 11.1. The van der Waals surface area contributed by atoms with E-state index in [1.165, 1.54) is 0 Å². The van der Waals surface area contributed by atoms with Gasteiger partial charge in [0.25, 0.3) is 0 Å². The van der Waals surface area contributed by atoms with Crippen LogP contribution >= 0.6 is 7.14 Å². The summed E-state index contributed by atoms with van der Waals surface area (Å²) in [6.07, 6.45) is 1.90. The molecule has 1 aliphatic heterocycles. The molecule has 0 N–H and O–H groups in total. The van der Waals surface area contributed by atoms with Gasteiger partial charge in [0.05, 0.1) is 0 Å². The summed E-state index contributed by atoms with van der Waals surface area (Å²) in [6, 6.07) is 0. The van der Waals surface area contributed by atoms with Crippen LogP contribution in [0.3, 0.4) is 0 Å². The van der Waals surface area contributed by atoms with Crippen molar-refractivity contribution in [3.63, 3.8) is 0 Å². The minimum absolute atomic E-state index is 1.12. The third-order valence-corrected chi connectivity index (χ3v) is 2.75. The van der Waals surface area contributed by atoms with Crippen LogP contribution < -0.4 is 0 Å². The van der Waals surface area contributed by atoms with Gasteiger partial charge in [0.15, 0.2) is 0 Å². The number of hydrogen-bond donors (Lipinski definition) is 0. The molecule has 0 saturated carbocycles. The summed E-state index contributed by atoms with van der Waals surface area (Å²) in [7, 11) is -1.94. The fourth-order valence-corrected chi connectivity index (χ4v) is 2.27. The first-order chi connectivity index (χ1) is 3.60. The topological polar surface area (TPSA) is 17.1 Å². The predicted octanol–water partition coefficient (Wildman–Crippen LogP) is 2.41. The average Bonchev–Trinajstić information content (AvgIpc) is 1.82. The van der Waals surface area contributed by atoms with Crippen LogP contribution in [0.2, 0.25) is 0 Å². The highest BCUT2D eigenvalue weighted by atomic mass is 31.2. The summed E-state index contributed by atoms with van der Waals surface area (Å²) >= 11 is 0. The van der Waals surface area contributed by atoms with E-state index < -0.39 is 7.14 Å². The Morgan fingerprint density at radius 1 is 1.62 bits per heavy atom. The summed E-state index contributed by atoms with van der Waals surface area (Å²) in [6.45, 7) is 3.72. The van der Waals surface area contributed by atoms with Gasteiger partial charge in [-0.3, -0.25) is 0 Å². The van der Waals surface area contributed by atoms with Crippen LogP contribution in [0.1, 0.15) is 6.92 Å². The molecule has 1 aliphatic rings. The maximum absolute atomic E-state index is 11.1. The lowest BCUT2D eigenvalue weighted by molar-refractivity contribution is 0.590. The van der Waals surface area contributed by atoms with Gasteiger partial charge >= 0.3 is 0 Å². The summed E-state index contributed by atoms with van der Waals surface area (Å²) in [5, 5.41) is 0. The molecule has 0 aromatic heterocycles.